The van der Waals surface area contributed by atoms with Gasteiger partial charge in [0.1, 0.15) is 0 Å². The normalized spacial score (nSPS) is 10.8. The molecule has 0 spiro atoms. The minimum Gasteiger partial charge on any atom is -0.353 e. The lowest BCUT2D eigenvalue weighted by atomic mass is 10.3. The van der Waals surface area contributed by atoms with E-state index in [1.807, 2.05) is 12.3 Å². The molecule has 0 saturated heterocycles. The molecule has 1 aromatic rings. The molecule has 0 atom stereocenters. The molecule has 4 heteroatoms. The molecule has 0 saturated carbocycles. The molecule has 1 N–H and O–H groups in total. The number of hydrogen-bond acceptors (Lipinski definition) is 3. The Morgan fingerprint density at radius 1 is 1.67 bits per heavy atom. The molecule has 0 aliphatic rings. The first kappa shape index (κ1) is 11.9. The first-order chi connectivity index (χ1) is 7.22. The number of carbonyl (C=O) groups is 1. The largest absolute Gasteiger partial charge is 0.353 e. The summed E-state index contributed by atoms with van der Waals surface area (Å²) in [6.45, 7) is 4.79. The Morgan fingerprint density at radius 3 is 3.07 bits per heavy atom. The summed E-state index contributed by atoms with van der Waals surface area (Å²) in [4.78, 5) is 15.5. The molecule has 0 aliphatic heterocycles. The maximum Gasteiger partial charge on any atom is 0.244 e. The summed E-state index contributed by atoms with van der Waals surface area (Å²) in [6, 6.07) is 0. The lowest BCUT2D eigenvalue weighted by molar-refractivity contribution is -0.116. The number of unbranched alkanes of at least 4 members (excludes halogenated alkanes) is 1. The van der Waals surface area contributed by atoms with E-state index >= 15 is 0 Å². The minimum absolute atomic E-state index is 0.0471. The number of aromatic nitrogens is 1. The molecular formula is C11H16N2OS. The van der Waals surface area contributed by atoms with Crippen molar-refractivity contribution in [1.29, 1.82) is 0 Å². The maximum atomic E-state index is 11.3. The molecule has 0 radical (unpaired) electrons. The van der Waals surface area contributed by atoms with Gasteiger partial charge in [-0.25, -0.2) is 4.98 Å². The van der Waals surface area contributed by atoms with E-state index in [9.17, 15) is 4.79 Å². The Hall–Kier alpha value is -1.16. The summed E-state index contributed by atoms with van der Waals surface area (Å²) in [7, 11) is 0. The van der Waals surface area contributed by atoms with Gasteiger partial charge in [0.15, 0.2) is 0 Å². The van der Waals surface area contributed by atoms with E-state index < -0.39 is 0 Å². The third-order valence-corrected chi connectivity index (χ3v) is 2.66. The standard InChI is InChI=1S/C11H16N2OS/c1-3-4-7-12-11(14)6-5-10-8-15-9(2)13-10/h5-6,8H,3-4,7H2,1-2H3,(H,12,14)/b6-5+. The van der Waals surface area contributed by atoms with Gasteiger partial charge in [-0.3, -0.25) is 4.79 Å². The number of rotatable bonds is 5. The van der Waals surface area contributed by atoms with Crippen LogP contribution in [-0.2, 0) is 4.79 Å². The molecule has 1 aromatic heterocycles. The second kappa shape index (κ2) is 6.35. The number of thiazole rings is 1. The van der Waals surface area contributed by atoms with Crippen LogP contribution in [0.5, 0.6) is 0 Å². The maximum absolute atomic E-state index is 11.3. The van der Waals surface area contributed by atoms with Crippen molar-refractivity contribution in [3.05, 3.63) is 22.2 Å². The highest BCUT2D eigenvalue weighted by Crippen LogP contribution is 2.08. The van der Waals surface area contributed by atoms with Crippen LogP contribution in [0.3, 0.4) is 0 Å². The molecule has 3 nitrogen and oxygen atoms in total. The van der Waals surface area contributed by atoms with Crippen LogP contribution in [0.4, 0.5) is 0 Å². The topological polar surface area (TPSA) is 42.0 Å². The van der Waals surface area contributed by atoms with Crippen LogP contribution in [0, 0.1) is 6.92 Å². The SMILES string of the molecule is CCCCNC(=O)/C=C/c1csc(C)n1. The van der Waals surface area contributed by atoms with Gasteiger partial charge in [-0.15, -0.1) is 11.3 Å². The van der Waals surface area contributed by atoms with Gasteiger partial charge in [0, 0.05) is 18.0 Å². The number of carbonyl (C=O) groups excluding carboxylic acids is 1. The third-order valence-electron chi connectivity index (χ3n) is 1.87. The second-order valence-corrected chi connectivity index (χ2v) is 4.33. The highest BCUT2D eigenvalue weighted by molar-refractivity contribution is 7.09. The van der Waals surface area contributed by atoms with Gasteiger partial charge < -0.3 is 5.32 Å². The highest BCUT2D eigenvalue weighted by Gasteiger charge is 1.96. The molecule has 1 heterocycles. The molecular weight excluding hydrogens is 208 g/mol. The van der Waals surface area contributed by atoms with Crippen molar-refractivity contribution in [2.75, 3.05) is 6.54 Å². The summed E-state index contributed by atoms with van der Waals surface area (Å²) < 4.78 is 0. The van der Waals surface area contributed by atoms with Crippen molar-refractivity contribution in [2.45, 2.75) is 26.7 Å². The van der Waals surface area contributed by atoms with Crippen LogP contribution in [0.15, 0.2) is 11.5 Å². The number of nitrogens with one attached hydrogen (secondary N) is 1. The fraction of sp³-hybridized carbons (Fsp3) is 0.455. The zero-order valence-electron chi connectivity index (χ0n) is 9.12. The van der Waals surface area contributed by atoms with Gasteiger partial charge >= 0.3 is 0 Å². The van der Waals surface area contributed by atoms with Crippen molar-refractivity contribution < 1.29 is 4.79 Å². The summed E-state index contributed by atoms with van der Waals surface area (Å²) >= 11 is 1.58. The van der Waals surface area contributed by atoms with Crippen molar-refractivity contribution in [3.63, 3.8) is 0 Å². The van der Waals surface area contributed by atoms with Crippen LogP contribution in [0.2, 0.25) is 0 Å². The van der Waals surface area contributed by atoms with E-state index in [1.165, 1.54) is 6.08 Å². The van der Waals surface area contributed by atoms with Crippen LogP contribution in [0.25, 0.3) is 6.08 Å². The van der Waals surface area contributed by atoms with Gasteiger partial charge in [0.05, 0.1) is 10.7 Å². The zero-order chi connectivity index (χ0) is 11.1. The lowest BCUT2D eigenvalue weighted by Gasteiger charge is -1.98. The van der Waals surface area contributed by atoms with Gasteiger partial charge in [-0.2, -0.15) is 0 Å². The quantitative estimate of drug-likeness (QED) is 0.616. The number of amides is 1. The van der Waals surface area contributed by atoms with E-state index in [-0.39, 0.29) is 5.91 Å². The van der Waals surface area contributed by atoms with E-state index in [0.717, 1.165) is 30.1 Å². The second-order valence-electron chi connectivity index (χ2n) is 3.27. The van der Waals surface area contributed by atoms with Crippen LogP contribution >= 0.6 is 11.3 Å². The minimum atomic E-state index is -0.0471. The van der Waals surface area contributed by atoms with E-state index in [1.54, 1.807) is 17.4 Å². The molecule has 15 heavy (non-hydrogen) atoms. The molecule has 0 bridgehead atoms. The van der Waals surface area contributed by atoms with Gasteiger partial charge in [-0.1, -0.05) is 13.3 Å². The number of nitrogens with zero attached hydrogens (tertiary/aromatic N) is 1. The summed E-state index contributed by atoms with van der Waals surface area (Å²) in [5, 5.41) is 5.76. The van der Waals surface area contributed by atoms with Gasteiger partial charge in [0.25, 0.3) is 0 Å². The lowest BCUT2D eigenvalue weighted by Crippen LogP contribution is -2.21. The van der Waals surface area contributed by atoms with Crippen molar-refractivity contribution >= 4 is 23.3 Å². The highest BCUT2D eigenvalue weighted by atomic mass is 32.1. The molecule has 0 aromatic carbocycles. The van der Waals surface area contributed by atoms with Crippen LogP contribution in [0.1, 0.15) is 30.5 Å². The summed E-state index contributed by atoms with van der Waals surface area (Å²) in [5.74, 6) is -0.0471. The Labute approximate surface area is 94.2 Å². The number of hydrogen-bond donors (Lipinski definition) is 1. The monoisotopic (exact) mass is 224 g/mol. The smallest absolute Gasteiger partial charge is 0.244 e. The van der Waals surface area contributed by atoms with Crippen LogP contribution in [-0.4, -0.2) is 17.4 Å². The molecule has 0 unspecified atom stereocenters. The summed E-state index contributed by atoms with van der Waals surface area (Å²) in [5.41, 5.74) is 0.850. The Balaban J connectivity index is 2.34. The first-order valence-electron chi connectivity index (χ1n) is 5.10. The van der Waals surface area contributed by atoms with E-state index in [0.29, 0.717) is 0 Å². The Bertz CT molecular complexity index is 344. The van der Waals surface area contributed by atoms with E-state index in [2.05, 4.69) is 17.2 Å². The van der Waals surface area contributed by atoms with Crippen LogP contribution < -0.4 is 5.32 Å². The molecule has 82 valence electrons. The molecule has 1 rings (SSSR count). The molecule has 0 fully saturated rings. The predicted molar refractivity (Wildman–Crippen MR) is 63.8 cm³/mol. The Morgan fingerprint density at radius 2 is 2.47 bits per heavy atom. The van der Waals surface area contributed by atoms with Crippen molar-refractivity contribution in [2.24, 2.45) is 0 Å². The number of aryl methyl sites for hydroxylation is 1. The summed E-state index contributed by atoms with van der Waals surface area (Å²) in [6.07, 6.45) is 5.39. The van der Waals surface area contributed by atoms with Gasteiger partial charge in [-0.05, 0) is 19.4 Å². The van der Waals surface area contributed by atoms with E-state index in [4.69, 9.17) is 0 Å². The average molecular weight is 224 g/mol. The fourth-order valence-corrected chi connectivity index (χ4v) is 1.65. The average Bonchev–Trinajstić information content (AvgIpc) is 2.62. The molecule has 1 amide bonds. The third kappa shape index (κ3) is 4.74. The molecule has 0 aliphatic carbocycles. The zero-order valence-corrected chi connectivity index (χ0v) is 9.93. The first-order valence-corrected chi connectivity index (χ1v) is 5.98. The predicted octanol–water partition coefficient (Wildman–Crippen LogP) is 2.38. The fourth-order valence-electron chi connectivity index (χ4n) is 1.07. The van der Waals surface area contributed by atoms with Crippen molar-refractivity contribution in [3.8, 4) is 0 Å². The van der Waals surface area contributed by atoms with Gasteiger partial charge in [0.2, 0.25) is 5.91 Å². The Kier molecular flexibility index (Phi) is 5.04. The van der Waals surface area contributed by atoms with Crippen molar-refractivity contribution in [1.82, 2.24) is 10.3 Å².